The van der Waals surface area contributed by atoms with Crippen molar-refractivity contribution in [3.8, 4) is 0 Å². The van der Waals surface area contributed by atoms with Crippen molar-refractivity contribution in [2.75, 3.05) is 26.7 Å². The third-order valence-electron chi connectivity index (χ3n) is 3.81. The zero-order chi connectivity index (χ0) is 17.4. The monoisotopic (exact) mass is 334 g/mol. The largest absolute Gasteiger partial charge is 0.453 e. The van der Waals surface area contributed by atoms with Gasteiger partial charge >= 0.3 is 12.1 Å². The number of carbonyl (C=O) groups is 3. The second-order valence-electron chi connectivity index (χ2n) is 5.51. The number of amides is 2. The van der Waals surface area contributed by atoms with Gasteiger partial charge < -0.3 is 19.7 Å². The number of nitrogens with one attached hydrogen (secondary N) is 1. The maximum Gasteiger partial charge on any atom is 0.407 e. The van der Waals surface area contributed by atoms with E-state index in [1.807, 2.05) is 6.07 Å². The van der Waals surface area contributed by atoms with Gasteiger partial charge in [-0.05, 0) is 19.3 Å². The van der Waals surface area contributed by atoms with Crippen molar-refractivity contribution < 1.29 is 23.9 Å². The number of esters is 1. The molecule has 2 rings (SSSR count). The number of carbonyl (C=O) groups excluding carboxylic acids is 3. The average Bonchev–Trinajstić information content (AvgIpc) is 2.65. The number of ether oxygens (including phenoxy) is 2. The van der Waals surface area contributed by atoms with E-state index in [2.05, 4.69) is 10.1 Å². The SMILES string of the molecule is COC(=O)NCC(=O)O[C@@H](C(=O)N1CCCCC1)c1ccccc1. The van der Waals surface area contributed by atoms with Crippen LogP contribution in [0.2, 0.25) is 0 Å². The summed E-state index contributed by atoms with van der Waals surface area (Å²) in [6.45, 7) is 0.976. The van der Waals surface area contributed by atoms with Gasteiger partial charge in [0, 0.05) is 18.7 Å². The summed E-state index contributed by atoms with van der Waals surface area (Å²) >= 11 is 0. The van der Waals surface area contributed by atoms with Crippen LogP contribution in [0.3, 0.4) is 0 Å². The Kier molecular flexibility index (Phi) is 6.60. The molecule has 1 heterocycles. The van der Waals surface area contributed by atoms with Crippen LogP contribution in [-0.2, 0) is 19.1 Å². The predicted molar refractivity (Wildman–Crippen MR) is 86.1 cm³/mol. The molecule has 1 aliphatic rings. The Balaban J connectivity index is 2.07. The lowest BCUT2D eigenvalue weighted by Gasteiger charge is -2.30. The summed E-state index contributed by atoms with van der Waals surface area (Å²) in [5, 5.41) is 2.25. The molecule has 2 amide bonds. The van der Waals surface area contributed by atoms with Crippen LogP contribution < -0.4 is 5.32 Å². The highest BCUT2D eigenvalue weighted by atomic mass is 16.6. The van der Waals surface area contributed by atoms with E-state index < -0.39 is 18.2 Å². The Bertz CT molecular complexity index is 570. The molecule has 0 unspecified atom stereocenters. The number of likely N-dealkylation sites (tertiary alicyclic amines) is 1. The molecule has 7 heteroatoms. The van der Waals surface area contributed by atoms with Gasteiger partial charge in [0.15, 0.2) is 0 Å². The topological polar surface area (TPSA) is 84.9 Å². The first-order chi connectivity index (χ1) is 11.6. The van der Waals surface area contributed by atoms with Crippen LogP contribution in [0.1, 0.15) is 30.9 Å². The number of benzene rings is 1. The zero-order valence-corrected chi connectivity index (χ0v) is 13.7. The lowest BCUT2D eigenvalue weighted by Crippen LogP contribution is -2.41. The van der Waals surface area contributed by atoms with Gasteiger partial charge in [0.05, 0.1) is 7.11 Å². The summed E-state index contributed by atoms with van der Waals surface area (Å²) in [6, 6.07) is 8.88. The van der Waals surface area contributed by atoms with Gasteiger partial charge in [0.2, 0.25) is 6.10 Å². The van der Waals surface area contributed by atoms with Crippen molar-refractivity contribution in [2.24, 2.45) is 0 Å². The van der Waals surface area contributed by atoms with Crippen LogP contribution in [-0.4, -0.2) is 49.6 Å². The van der Waals surface area contributed by atoms with E-state index in [1.54, 1.807) is 29.2 Å². The molecular formula is C17H22N2O5. The van der Waals surface area contributed by atoms with E-state index >= 15 is 0 Å². The van der Waals surface area contributed by atoms with E-state index in [-0.39, 0.29) is 12.5 Å². The minimum absolute atomic E-state index is 0.229. The summed E-state index contributed by atoms with van der Waals surface area (Å²) in [4.78, 5) is 37.5. The van der Waals surface area contributed by atoms with E-state index in [0.717, 1.165) is 19.3 Å². The normalized spacial score (nSPS) is 15.3. The molecule has 1 aliphatic heterocycles. The Morgan fingerprint density at radius 3 is 2.42 bits per heavy atom. The first-order valence-corrected chi connectivity index (χ1v) is 7.97. The summed E-state index contributed by atoms with van der Waals surface area (Å²) in [7, 11) is 1.20. The lowest BCUT2D eigenvalue weighted by atomic mass is 10.1. The Hall–Kier alpha value is -2.57. The van der Waals surface area contributed by atoms with E-state index in [0.29, 0.717) is 18.7 Å². The number of alkyl carbamates (subject to hydrolysis) is 1. The van der Waals surface area contributed by atoms with Crippen molar-refractivity contribution in [1.29, 1.82) is 0 Å². The number of piperidine rings is 1. The first-order valence-electron chi connectivity index (χ1n) is 7.97. The fourth-order valence-electron chi connectivity index (χ4n) is 2.56. The molecule has 7 nitrogen and oxygen atoms in total. The fourth-order valence-corrected chi connectivity index (χ4v) is 2.56. The highest BCUT2D eigenvalue weighted by molar-refractivity contribution is 5.86. The summed E-state index contributed by atoms with van der Waals surface area (Å²) in [5.74, 6) is -0.924. The van der Waals surface area contributed by atoms with Gasteiger partial charge in [-0.3, -0.25) is 9.59 Å². The van der Waals surface area contributed by atoms with Crippen molar-refractivity contribution >= 4 is 18.0 Å². The van der Waals surface area contributed by atoms with Crippen LogP contribution in [0.4, 0.5) is 4.79 Å². The third kappa shape index (κ3) is 4.97. The molecule has 1 N–H and O–H groups in total. The molecule has 0 aliphatic carbocycles. The molecule has 0 radical (unpaired) electrons. The predicted octanol–water partition coefficient (Wildman–Crippen LogP) is 1.64. The number of nitrogens with zero attached hydrogens (tertiary/aromatic N) is 1. The molecule has 130 valence electrons. The summed E-state index contributed by atoms with van der Waals surface area (Å²) in [6.07, 6.45) is 1.26. The molecule has 1 fully saturated rings. The Morgan fingerprint density at radius 1 is 1.12 bits per heavy atom. The molecule has 1 saturated heterocycles. The van der Waals surface area contributed by atoms with Gasteiger partial charge in [-0.1, -0.05) is 30.3 Å². The minimum atomic E-state index is -1.00. The van der Waals surface area contributed by atoms with Gasteiger partial charge in [-0.2, -0.15) is 0 Å². The van der Waals surface area contributed by atoms with Crippen molar-refractivity contribution in [2.45, 2.75) is 25.4 Å². The molecule has 24 heavy (non-hydrogen) atoms. The van der Waals surface area contributed by atoms with Crippen LogP contribution in [0, 0.1) is 0 Å². The molecule has 0 bridgehead atoms. The van der Waals surface area contributed by atoms with E-state index in [1.165, 1.54) is 7.11 Å². The zero-order valence-electron chi connectivity index (χ0n) is 13.7. The second kappa shape index (κ2) is 8.90. The molecule has 0 spiro atoms. The molecular weight excluding hydrogens is 312 g/mol. The molecule has 0 aromatic heterocycles. The van der Waals surface area contributed by atoms with E-state index in [4.69, 9.17) is 4.74 Å². The highest BCUT2D eigenvalue weighted by Crippen LogP contribution is 2.22. The van der Waals surface area contributed by atoms with Gasteiger partial charge in [-0.15, -0.1) is 0 Å². The van der Waals surface area contributed by atoms with Crippen molar-refractivity contribution in [3.05, 3.63) is 35.9 Å². The minimum Gasteiger partial charge on any atom is -0.453 e. The quantitative estimate of drug-likeness (QED) is 0.828. The standard InChI is InChI=1S/C17H22N2O5/c1-23-17(22)18-12-14(20)24-15(13-8-4-2-5-9-13)16(21)19-10-6-3-7-11-19/h2,4-5,8-9,15H,3,6-7,10-12H2,1H3,(H,18,22)/t15-/m1/s1. The van der Waals surface area contributed by atoms with Gasteiger partial charge in [-0.25, -0.2) is 4.79 Å². The number of hydrogen-bond donors (Lipinski definition) is 1. The molecule has 1 aromatic carbocycles. The molecule has 0 saturated carbocycles. The van der Waals surface area contributed by atoms with Crippen LogP contribution in [0.5, 0.6) is 0 Å². The molecule has 1 aromatic rings. The number of rotatable bonds is 5. The van der Waals surface area contributed by atoms with Crippen LogP contribution in [0.15, 0.2) is 30.3 Å². The fraction of sp³-hybridized carbons (Fsp3) is 0.471. The van der Waals surface area contributed by atoms with Crippen LogP contribution >= 0.6 is 0 Å². The van der Waals surface area contributed by atoms with Gasteiger partial charge in [0.1, 0.15) is 6.54 Å². The number of methoxy groups -OCH3 is 1. The Morgan fingerprint density at radius 2 is 1.79 bits per heavy atom. The van der Waals surface area contributed by atoms with Gasteiger partial charge in [0.25, 0.3) is 5.91 Å². The molecule has 1 atom stereocenters. The smallest absolute Gasteiger partial charge is 0.407 e. The lowest BCUT2D eigenvalue weighted by molar-refractivity contribution is -0.160. The maximum absolute atomic E-state index is 12.8. The van der Waals surface area contributed by atoms with Crippen molar-refractivity contribution in [3.63, 3.8) is 0 Å². The Labute approximate surface area is 140 Å². The van der Waals surface area contributed by atoms with Crippen molar-refractivity contribution in [1.82, 2.24) is 10.2 Å². The average molecular weight is 334 g/mol. The van der Waals surface area contributed by atoms with E-state index in [9.17, 15) is 14.4 Å². The summed E-state index contributed by atoms with van der Waals surface area (Å²) in [5.41, 5.74) is 0.611. The number of hydrogen-bond acceptors (Lipinski definition) is 5. The third-order valence-corrected chi connectivity index (χ3v) is 3.81. The first kappa shape index (κ1) is 17.8. The summed E-state index contributed by atoms with van der Waals surface area (Å²) < 4.78 is 9.75. The van der Waals surface area contributed by atoms with Crippen LogP contribution in [0.25, 0.3) is 0 Å². The maximum atomic E-state index is 12.8. The highest BCUT2D eigenvalue weighted by Gasteiger charge is 2.30. The second-order valence-corrected chi connectivity index (χ2v) is 5.51.